The van der Waals surface area contributed by atoms with Gasteiger partial charge < -0.3 is 10.2 Å². The van der Waals surface area contributed by atoms with Gasteiger partial charge in [-0.3, -0.25) is 4.79 Å². The van der Waals surface area contributed by atoms with E-state index >= 15 is 0 Å². The van der Waals surface area contributed by atoms with E-state index in [1.54, 1.807) is 24.3 Å². The number of carbonyl (C=O) groups excluding carboxylic acids is 1. The Hall–Kier alpha value is -2.22. The average Bonchev–Trinajstić information content (AvgIpc) is 3.20. The van der Waals surface area contributed by atoms with E-state index in [2.05, 4.69) is 5.32 Å². The van der Waals surface area contributed by atoms with E-state index in [4.69, 9.17) is 0 Å². The van der Waals surface area contributed by atoms with Crippen LogP contribution >= 0.6 is 0 Å². The van der Waals surface area contributed by atoms with Crippen molar-refractivity contribution in [3.8, 4) is 0 Å². The van der Waals surface area contributed by atoms with Crippen LogP contribution in [0.3, 0.4) is 0 Å². The average molecular weight is 416 g/mol. The first-order chi connectivity index (χ1) is 13.8. The Bertz CT molecular complexity index is 928. The van der Waals surface area contributed by atoms with Gasteiger partial charge in [0.25, 0.3) is 0 Å². The molecule has 0 spiro atoms. The molecule has 0 radical (unpaired) electrons. The second kappa shape index (κ2) is 9.07. The third kappa shape index (κ3) is 4.86. The molecule has 1 fully saturated rings. The Morgan fingerprint density at radius 1 is 1.14 bits per heavy atom. The fourth-order valence-electron chi connectivity index (χ4n) is 3.72. The van der Waals surface area contributed by atoms with E-state index in [0.717, 1.165) is 11.1 Å². The van der Waals surface area contributed by atoms with Crippen LogP contribution in [0.1, 0.15) is 30.0 Å². The van der Waals surface area contributed by atoms with Crippen molar-refractivity contribution in [2.24, 2.45) is 0 Å². The summed E-state index contributed by atoms with van der Waals surface area (Å²) in [5, 5.41) is 2.98. The Morgan fingerprint density at radius 2 is 1.79 bits per heavy atom. The summed E-state index contributed by atoms with van der Waals surface area (Å²) in [6, 6.07) is 16.1. The summed E-state index contributed by atoms with van der Waals surface area (Å²) >= 11 is 0. The summed E-state index contributed by atoms with van der Waals surface area (Å²) in [7, 11) is 0.237. The fourth-order valence-corrected chi connectivity index (χ4v) is 5.38. The largest absolute Gasteiger partial charge is 0.353 e. The summed E-state index contributed by atoms with van der Waals surface area (Å²) in [6.07, 6.45) is 1.22. The second-order valence-electron chi connectivity index (χ2n) is 7.72. The Kier molecular flexibility index (Phi) is 6.72. The van der Waals surface area contributed by atoms with E-state index in [9.17, 15) is 13.2 Å². The lowest BCUT2D eigenvalue weighted by Crippen LogP contribution is -2.47. The number of nitrogens with one attached hydrogen (secondary N) is 1. The van der Waals surface area contributed by atoms with Crippen LogP contribution in [0.4, 0.5) is 0 Å². The zero-order valence-corrected chi connectivity index (χ0v) is 18.0. The van der Waals surface area contributed by atoms with Crippen LogP contribution in [0, 0.1) is 6.92 Å². The number of aryl methyl sites for hydroxylation is 1. The quantitative estimate of drug-likeness (QED) is 0.755. The molecule has 2 atom stereocenters. The third-order valence-corrected chi connectivity index (χ3v) is 7.33. The van der Waals surface area contributed by atoms with Gasteiger partial charge in [0.15, 0.2) is 0 Å². The molecule has 0 aliphatic carbocycles. The minimum absolute atomic E-state index is 0.0173. The summed E-state index contributed by atoms with van der Waals surface area (Å²) in [4.78, 5) is 15.2. The number of likely N-dealkylation sites (N-methyl/N-ethyl adjacent to an activating group) is 1. The Labute approximate surface area is 173 Å². The molecular formula is C22H29N3O3S. The van der Waals surface area contributed by atoms with Gasteiger partial charge in [0.2, 0.25) is 15.9 Å². The molecule has 29 heavy (non-hydrogen) atoms. The molecule has 2 aromatic carbocycles. The van der Waals surface area contributed by atoms with Crippen molar-refractivity contribution in [3.63, 3.8) is 0 Å². The standard InChI is InChI=1S/C22H29N3O3S/c1-17-11-13-19(14-12-17)29(27,28)25-15-7-10-20(25)22(26)23-16-21(24(2)3)18-8-5-4-6-9-18/h4-6,8-9,11-14,20-21H,7,10,15-16H2,1-3H3,(H,23,26)/t20-,21-/m0/s1. The van der Waals surface area contributed by atoms with Gasteiger partial charge in [-0.05, 0) is 51.6 Å². The minimum atomic E-state index is -3.69. The number of carbonyl (C=O) groups is 1. The molecule has 1 N–H and O–H groups in total. The van der Waals surface area contributed by atoms with Gasteiger partial charge in [-0.25, -0.2) is 8.42 Å². The highest BCUT2D eigenvalue weighted by molar-refractivity contribution is 7.89. The molecule has 1 heterocycles. The topological polar surface area (TPSA) is 69.7 Å². The summed E-state index contributed by atoms with van der Waals surface area (Å²) in [6.45, 7) is 2.70. The fraction of sp³-hybridized carbons (Fsp3) is 0.409. The highest BCUT2D eigenvalue weighted by Gasteiger charge is 2.39. The molecule has 156 valence electrons. The highest BCUT2D eigenvalue weighted by atomic mass is 32.2. The summed E-state index contributed by atoms with van der Waals surface area (Å²) in [5.74, 6) is -0.235. The second-order valence-corrected chi connectivity index (χ2v) is 9.61. The highest BCUT2D eigenvalue weighted by Crippen LogP contribution is 2.27. The third-order valence-electron chi connectivity index (χ3n) is 5.41. The first kappa shape index (κ1) is 21.5. The molecular weight excluding hydrogens is 386 g/mol. The summed E-state index contributed by atoms with van der Waals surface area (Å²) in [5.41, 5.74) is 2.10. The molecule has 1 aliphatic rings. The molecule has 1 saturated heterocycles. The molecule has 7 heteroatoms. The normalized spacial score (nSPS) is 18.7. The SMILES string of the molecule is Cc1ccc(S(=O)(=O)N2CCC[C@H]2C(=O)NC[C@@H](c2ccccc2)N(C)C)cc1. The van der Waals surface area contributed by atoms with Crippen molar-refractivity contribution < 1.29 is 13.2 Å². The van der Waals surface area contributed by atoms with Crippen molar-refractivity contribution in [3.05, 3.63) is 65.7 Å². The van der Waals surface area contributed by atoms with Crippen LogP contribution < -0.4 is 5.32 Å². The first-order valence-electron chi connectivity index (χ1n) is 9.88. The van der Waals surface area contributed by atoms with Gasteiger partial charge in [-0.15, -0.1) is 0 Å². The number of benzene rings is 2. The van der Waals surface area contributed by atoms with Crippen LogP contribution in [-0.2, 0) is 14.8 Å². The summed E-state index contributed by atoms with van der Waals surface area (Å²) < 4.78 is 27.5. The van der Waals surface area contributed by atoms with E-state index in [1.807, 2.05) is 56.3 Å². The Balaban J connectivity index is 1.72. The van der Waals surface area contributed by atoms with Crippen LogP contribution in [0.2, 0.25) is 0 Å². The van der Waals surface area contributed by atoms with Crippen molar-refractivity contribution in [1.29, 1.82) is 0 Å². The van der Waals surface area contributed by atoms with Crippen molar-refractivity contribution in [2.75, 3.05) is 27.2 Å². The van der Waals surface area contributed by atoms with Crippen molar-refractivity contribution in [2.45, 2.75) is 36.7 Å². The number of sulfonamides is 1. The van der Waals surface area contributed by atoms with E-state index in [1.165, 1.54) is 4.31 Å². The van der Waals surface area contributed by atoms with Gasteiger partial charge >= 0.3 is 0 Å². The van der Waals surface area contributed by atoms with Gasteiger partial charge in [0, 0.05) is 13.1 Å². The lowest BCUT2D eigenvalue weighted by Gasteiger charge is -2.27. The Morgan fingerprint density at radius 3 is 2.41 bits per heavy atom. The number of amides is 1. The van der Waals surface area contributed by atoms with Crippen LogP contribution in [0.15, 0.2) is 59.5 Å². The molecule has 1 amide bonds. The molecule has 0 bridgehead atoms. The zero-order chi connectivity index (χ0) is 21.0. The van der Waals surface area contributed by atoms with E-state index < -0.39 is 16.1 Å². The van der Waals surface area contributed by atoms with Crippen LogP contribution in [-0.4, -0.2) is 56.8 Å². The zero-order valence-electron chi connectivity index (χ0n) is 17.2. The molecule has 0 saturated carbocycles. The lowest BCUT2D eigenvalue weighted by molar-refractivity contribution is -0.124. The van der Waals surface area contributed by atoms with E-state index in [-0.39, 0.29) is 16.8 Å². The predicted octanol–water partition coefficient (Wildman–Crippen LogP) is 2.57. The molecule has 3 rings (SSSR count). The van der Waals surface area contributed by atoms with Crippen molar-refractivity contribution >= 4 is 15.9 Å². The number of nitrogens with zero attached hydrogens (tertiary/aromatic N) is 2. The predicted molar refractivity (Wildman–Crippen MR) is 114 cm³/mol. The van der Waals surface area contributed by atoms with Gasteiger partial charge in [0.05, 0.1) is 10.9 Å². The molecule has 6 nitrogen and oxygen atoms in total. The molecule has 0 aromatic heterocycles. The first-order valence-corrected chi connectivity index (χ1v) is 11.3. The maximum Gasteiger partial charge on any atom is 0.243 e. The van der Waals surface area contributed by atoms with Gasteiger partial charge in [-0.2, -0.15) is 4.31 Å². The van der Waals surface area contributed by atoms with Crippen LogP contribution in [0.25, 0.3) is 0 Å². The molecule has 0 unspecified atom stereocenters. The molecule has 2 aromatic rings. The van der Waals surface area contributed by atoms with Gasteiger partial charge in [0.1, 0.15) is 6.04 Å². The van der Waals surface area contributed by atoms with E-state index in [0.29, 0.717) is 25.9 Å². The number of rotatable bonds is 7. The monoisotopic (exact) mass is 415 g/mol. The van der Waals surface area contributed by atoms with Crippen LogP contribution in [0.5, 0.6) is 0 Å². The maximum atomic E-state index is 13.1. The van der Waals surface area contributed by atoms with Gasteiger partial charge in [-0.1, -0.05) is 48.0 Å². The lowest BCUT2D eigenvalue weighted by atomic mass is 10.1. The molecule has 1 aliphatic heterocycles. The smallest absolute Gasteiger partial charge is 0.243 e. The number of hydrogen-bond acceptors (Lipinski definition) is 4. The minimum Gasteiger partial charge on any atom is -0.353 e. The van der Waals surface area contributed by atoms with Crippen molar-refractivity contribution in [1.82, 2.24) is 14.5 Å². The maximum absolute atomic E-state index is 13.1. The number of hydrogen-bond donors (Lipinski definition) is 1.